The van der Waals surface area contributed by atoms with E-state index >= 15 is 0 Å². The summed E-state index contributed by atoms with van der Waals surface area (Å²) in [4.78, 5) is 16.0. The first kappa shape index (κ1) is 12.6. The predicted octanol–water partition coefficient (Wildman–Crippen LogP) is 3.94. The lowest BCUT2D eigenvalue weighted by molar-refractivity contribution is 0.111. The van der Waals surface area contributed by atoms with E-state index in [0.717, 1.165) is 23.2 Å². The number of carbonyl (C=O) groups excluding carboxylic acids is 1. The van der Waals surface area contributed by atoms with E-state index in [2.05, 4.69) is 31.0 Å². The zero-order valence-electron chi connectivity index (χ0n) is 11.6. The molecule has 0 saturated carbocycles. The molecular formula is C17H16N2O. The molecule has 0 N–H and O–H groups in total. The SMILES string of the molecule is CC(C)c1ccc(-c2nc3ccccn3c2C=O)cc1. The van der Waals surface area contributed by atoms with Gasteiger partial charge >= 0.3 is 0 Å². The molecule has 20 heavy (non-hydrogen) atoms. The molecule has 1 aromatic carbocycles. The van der Waals surface area contributed by atoms with Crippen molar-refractivity contribution in [1.29, 1.82) is 0 Å². The lowest BCUT2D eigenvalue weighted by atomic mass is 10.0. The van der Waals surface area contributed by atoms with Gasteiger partial charge in [-0.2, -0.15) is 0 Å². The van der Waals surface area contributed by atoms with Crippen LogP contribution < -0.4 is 0 Å². The first-order chi connectivity index (χ1) is 9.70. The highest BCUT2D eigenvalue weighted by molar-refractivity contribution is 5.86. The fraction of sp³-hybridized carbons (Fsp3) is 0.176. The van der Waals surface area contributed by atoms with E-state index in [-0.39, 0.29) is 0 Å². The van der Waals surface area contributed by atoms with Gasteiger partial charge in [0.15, 0.2) is 6.29 Å². The zero-order valence-corrected chi connectivity index (χ0v) is 11.6. The number of fused-ring (bicyclic) bond motifs is 1. The highest BCUT2D eigenvalue weighted by Gasteiger charge is 2.13. The Hall–Kier alpha value is -2.42. The van der Waals surface area contributed by atoms with E-state index in [1.807, 2.05) is 40.9 Å². The van der Waals surface area contributed by atoms with Crippen LogP contribution >= 0.6 is 0 Å². The van der Waals surface area contributed by atoms with Crippen LogP contribution in [0.2, 0.25) is 0 Å². The predicted molar refractivity (Wildman–Crippen MR) is 80.1 cm³/mol. The molecular weight excluding hydrogens is 248 g/mol. The average Bonchev–Trinajstić information content (AvgIpc) is 2.85. The average molecular weight is 264 g/mol. The van der Waals surface area contributed by atoms with E-state index in [4.69, 9.17) is 0 Å². The van der Waals surface area contributed by atoms with E-state index in [1.54, 1.807) is 0 Å². The molecule has 100 valence electrons. The molecule has 0 amide bonds. The highest BCUT2D eigenvalue weighted by Crippen LogP contribution is 2.25. The van der Waals surface area contributed by atoms with Gasteiger partial charge in [0.05, 0.1) is 0 Å². The molecule has 3 aromatic rings. The van der Waals surface area contributed by atoms with Gasteiger partial charge in [-0.3, -0.25) is 9.20 Å². The van der Waals surface area contributed by atoms with E-state index in [0.29, 0.717) is 11.6 Å². The number of aromatic nitrogens is 2. The fourth-order valence-corrected chi connectivity index (χ4v) is 2.37. The lowest BCUT2D eigenvalue weighted by Gasteiger charge is -2.05. The van der Waals surface area contributed by atoms with Crippen molar-refractivity contribution in [3.05, 3.63) is 59.9 Å². The number of imidazole rings is 1. The van der Waals surface area contributed by atoms with Gasteiger partial charge in [0.1, 0.15) is 17.0 Å². The Morgan fingerprint density at radius 3 is 2.50 bits per heavy atom. The molecule has 0 fully saturated rings. The monoisotopic (exact) mass is 264 g/mol. The molecule has 3 nitrogen and oxygen atoms in total. The topological polar surface area (TPSA) is 34.4 Å². The second kappa shape index (κ2) is 4.93. The quantitative estimate of drug-likeness (QED) is 0.671. The number of hydrogen-bond acceptors (Lipinski definition) is 2. The molecule has 0 bridgehead atoms. The van der Waals surface area contributed by atoms with Gasteiger partial charge in [0.25, 0.3) is 0 Å². The Morgan fingerprint density at radius 2 is 1.85 bits per heavy atom. The van der Waals surface area contributed by atoms with Gasteiger partial charge < -0.3 is 0 Å². The third kappa shape index (κ3) is 2.01. The maximum absolute atomic E-state index is 11.4. The summed E-state index contributed by atoms with van der Waals surface area (Å²) in [6, 6.07) is 14.0. The van der Waals surface area contributed by atoms with E-state index in [1.165, 1.54) is 5.56 Å². The highest BCUT2D eigenvalue weighted by atomic mass is 16.1. The molecule has 2 aromatic heterocycles. The van der Waals surface area contributed by atoms with Gasteiger partial charge in [0, 0.05) is 11.8 Å². The summed E-state index contributed by atoms with van der Waals surface area (Å²) in [6.07, 6.45) is 2.73. The minimum Gasteiger partial charge on any atom is -0.297 e. The van der Waals surface area contributed by atoms with Crippen molar-refractivity contribution in [3.8, 4) is 11.3 Å². The number of aldehydes is 1. The minimum absolute atomic E-state index is 0.496. The van der Waals surface area contributed by atoms with Crippen molar-refractivity contribution >= 4 is 11.9 Å². The largest absolute Gasteiger partial charge is 0.297 e. The third-order valence-corrected chi connectivity index (χ3v) is 3.53. The standard InChI is InChI=1S/C17H16N2O/c1-12(2)13-6-8-14(9-7-13)17-15(11-20)19-10-4-3-5-16(19)18-17/h3-12H,1-2H3. The smallest absolute Gasteiger partial charge is 0.169 e. The van der Waals surface area contributed by atoms with Gasteiger partial charge in [-0.1, -0.05) is 44.2 Å². The van der Waals surface area contributed by atoms with Crippen LogP contribution in [0, 0.1) is 0 Å². The fourth-order valence-electron chi connectivity index (χ4n) is 2.37. The lowest BCUT2D eigenvalue weighted by Crippen LogP contribution is -1.92. The molecule has 0 spiro atoms. The van der Waals surface area contributed by atoms with E-state index in [9.17, 15) is 4.79 Å². The number of hydrogen-bond donors (Lipinski definition) is 0. The Bertz CT molecular complexity index is 754. The van der Waals surface area contributed by atoms with Gasteiger partial charge in [-0.25, -0.2) is 4.98 Å². The summed E-state index contributed by atoms with van der Waals surface area (Å²) in [5.41, 5.74) is 4.38. The summed E-state index contributed by atoms with van der Waals surface area (Å²) in [6.45, 7) is 4.33. The third-order valence-electron chi connectivity index (χ3n) is 3.53. The molecule has 3 heteroatoms. The van der Waals surface area contributed by atoms with Crippen molar-refractivity contribution < 1.29 is 4.79 Å². The van der Waals surface area contributed by atoms with E-state index < -0.39 is 0 Å². The van der Waals surface area contributed by atoms with Crippen molar-refractivity contribution in [2.45, 2.75) is 19.8 Å². The second-order valence-electron chi connectivity index (χ2n) is 5.17. The van der Waals surface area contributed by atoms with Crippen LogP contribution in [0.15, 0.2) is 48.7 Å². The molecule has 0 aliphatic rings. The van der Waals surface area contributed by atoms with Crippen LogP contribution in [0.4, 0.5) is 0 Å². The maximum Gasteiger partial charge on any atom is 0.169 e. The molecule has 0 aliphatic heterocycles. The molecule has 0 radical (unpaired) electrons. The Morgan fingerprint density at radius 1 is 1.10 bits per heavy atom. The van der Waals surface area contributed by atoms with Crippen LogP contribution in [0.3, 0.4) is 0 Å². The number of pyridine rings is 1. The van der Waals surface area contributed by atoms with Crippen LogP contribution in [-0.2, 0) is 0 Å². The first-order valence-corrected chi connectivity index (χ1v) is 6.73. The second-order valence-corrected chi connectivity index (χ2v) is 5.17. The normalized spacial score (nSPS) is 11.2. The number of nitrogens with zero attached hydrogens (tertiary/aromatic N) is 2. The summed E-state index contributed by atoms with van der Waals surface area (Å²) in [5, 5.41) is 0. The van der Waals surface area contributed by atoms with Crippen LogP contribution in [-0.4, -0.2) is 15.7 Å². The van der Waals surface area contributed by atoms with Crippen LogP contribution in [0.5, 0.6) is 0 Å². The minimum atomic E-state index is 0.496. The molecule has 0 aliphatic carbocycles. The summed E-state index contributed by atoms with van der Waals surface area (Å²) < 4.78 is 1.82. The number of benzene rings is 1. The summed E-state index contributed by atoms with van der Waals surface area (Å²) in [7, 11) is 0. The Kier molecular flexibility index (Phi) is 3.11. The molecule has 0 atom stereocenters. The molecule has 0 unspecified atom stereocenters. The van der Waals surface area contributed by atoms with Gasteiger partial charge in [-0.05, 0) is 23.6 Å². The molecule has 2 heterocycles. The Balaban J connectivity index is 2.16. The van der Waals surface area contributed by atoms with Crippen LogP contribution in [0.25, 0.3) is 16.9 Å². The van der Waals surface area contributed by atoms with Crippen molar-refractivity contribution in [2.75, 3.05) is 0 Å². The van der Waals surface area contributed by atoms with Crippen molar-refractivity contribution in [1.82, 2.24) is 9.38 Å². The van der Waals surface area contributed by atoms with Crippen LogP contribution in [0.1, 0.15) is 35.8 Å². The number of carbonyl (C=O) groups is 1. The maximum atomic E-state index is 11.4. The number of rotatable bonds is 3. The van der Waals surface area contributed by atoms with Crippen molar-refractivity contribution in [2.24, 2.45) is 0 Å². The first-order valence-electron chi connectivity index (χ1n) is 6.73. The molecule has 0 saturated heterocycles. The summed E-state index contributed by atoms with van der Waals surface area (Å²) in [5.74, 6) is 0.496. The van der Waals surface area contributed by atoms with Gasteiger partial charge in [0.2, 0.25) is 0 Å². The zero-order chi connectivity index (χ0) is 14.1. The van der Waals surface area contributed by atoms with Crippen molar-refractivity contribution in [3.63, 3.8) is 0 Å². The van der Waals surface area contributed by atoms with Gasteiger partial charge in [-0.15, -0.1) is 0 Å². The summed E-state index contributed by atoms with van der Waals surface area (Å²) >= 11 is 0. The molecule has 3 rings (SSSR count). The Labute approximate surface area is 117 Å².